The quantitative estimate of drug-likeness (QED) is 0.496. The van der Waals surface area contributed by atoms with Crippen molar-refractivity contribution in [3.05, 3.63) is 45.7 Å². The fourth-order valence-electron chi connectivity index (χ4n) is 3.37. The van der Waals surface area contributed by atoms with Gasteiger partial charge in [-0.1, -0.05) is 0 Å². The molecule has 0 bridgehead atoms. The number of hydrogen-bond acceptors (Lipinski definition) is 8. The number of carboxylic acids is 1. The number of aromatic nitrogens is 3. The molecule has 0 spiro atoms. The number of ether oxygens (including phenoxy) is 1. The first-order valence-corrected chi connectivity index (χ1v) is 10.7. The van der Waals surface area contributed by atoms with Crippen LogP contribution in [0.4, 0.5) is 5.82 Å². The van der Waals surface area contributed by atoms with Crippen molar-refractivity contribution in [3.8, 4) is 5.13 Å². The summed E-state index contributed by atoms with van der Waals surface area (Å²) >= 11 is 1.31. The minimum absolute atomic E-state index is 0.0254. The Balaban J connectivity index is 1.58. The van der Waals surface area contributed by atoms with Crippen LogP contribution < -0.4 is 15.6 Å². The normalized spacial score (nSPS) is 13.9. The second-order valence-corrected chi connectivity index (χ2v) is 7.87. The molecule has 0 saturated carbocycles. The van der Waals surface area contributed by atoms with Crippen LogP contribution in [0.5, 0.6) is 0 Å². The number of carbonyl (C=O) groups is 2. The minimum atomic E-state index is -1.30. The summed E-state index contributed by atoms with van der Waals surface area (Å²) in [6, 6.07) is 3.25. The average molecular weight is 443 g/mol. The summed E-state index contributed by atoms with van der Waals surface area (Å²) in [7, 11) is 0. The van der Waals surface area contributed by atoms with Gasteiger partial charge >= 0.3 is 5.97 Å². The van der Waals surface area contributed by atoms with E-state index in [1.807, 2.05) is 11.8 Å². The summed E-state index contributed by atoms with van der Waals surface area (Å²) in [6.45, 7) is 4.49. The maximum Gasteiger partial charge on any atom is 0.341 e. The molecular formula is C20H21N5O5S. The molecule has 1 aliphatic rings. The highest BCUT2D eigenvalue weighted by Gasteiger charge is 2.33. The molecule has 1 saturated heterocycles. The van der Waals surface area contributed by atoms with Crippen molar-refractivity contribution >= 4 is 40.1 Å². The van der Waals surface area contributed by atoms with Crippen LogP contribution in [0, 0.1) is 5.92 Å². The molecule has 10 nitrogen and oxygen atoms in total. The van der Waals surface area contributed by atoms with Crippen molar-refractivity contribution in [2.75, 3.05) is 37.7 Å². The lowest BCUT2D eigenvalue weighted by Crippen LogP contribution is -2.54. The maximum atomic E-state index is 12.6. The second-order valence-electron chi connectivity index (χ2n) is 6.99. The fourth-order valence-corrected chi connectivity index (χ4v) is 3.99. The van der Waals surface area contributed by atoms with E-state index in [2.05, 4.69) is 15.3 Å². The molecular weight excluding hydrogens is 422 g/mol. The Morgan fingerprint density at radius 2 is 2.16 bits per heavy atom. The molecule has 0 radical (unpaired) electrons. The number of nitrogens with one attached hydrogen (secondary N) is 1. The molecule has 0 atom stereocenters. The van der Waals surface area contributed by atoms with Crippen molar-refractivity contribution in [3.63, 3.8) is 0 Å². The molecule has 1 fully saturated rings. The number of rotatable bonds is 8. The van der Waals surface area contributed by atoms with Gasteiger partial charge in [-0.2, -0.15) is 0 Å². The third-order valence-corrected chi connectivity index (χ3v) is 5.79. The summed E-state index contributed by atoms with van der Waals surface area (Å²) < 4.78 is 6.74. The third-order valence-electron chi connectivity index (χ3n) is 5.02. The van der Waals surface area contributed by atoms with E-state index < -0.39 is 11.4 Å². The second kappa shape index (κ2) is 8.82. The number of hydrogen-bond donors (Lipinski definition) is 2. The largest absolute Gasteiger partial charge is 0.477 e. The topological polar surface area (TPSA) is 127 Å². The van der Waals surface area contributed by atoms with Gasteiger partial charge in [0.05, 0.1) is 17.9 Å². The van der Waals surface area contributed by atoms with Gasteiger partial charge < -0.3 is 20.1 Å². The molecule has 3 aromatic heterocycles. The summed E-state index contributed by atoms with van der Waals surface area (Å²) in [4.78, 5) is 47.1. The molecule has 0 unspecified atom stereocenters. The molecule has 11 heteroatoms. The van der Waals surface area contributed by atoms with Crippen LogP contribution in [-0.2, 0) is 9.53 Å². The Bertz CT molecular complexity index is 1170. The van der Waals surface area contributed by atoms with Crippen LogP contribution in [0.1, 0.15) is 17.3 Å². The highest BCUT2D eigenvalue weighted by atomic mass is 32.1. The van der Waals surface area contributed by atoms with E-state index in [1.165, 1.54) is 22.1 Å². The SMILES string of the molecule is CCOCCNC(=O)C1CN(c2ccc3c(=O)c(C(=O)O)cn(-c4nccs4)c3n2)C1. The predicted octanol–water partition coefficient (Wildman–Crippen LogP) is 1.13. The van der Waals surface area contributed by atoms with E-state index >= 15 is 0 Å². The summed E-state index contributed by atoms with van der Waals surface area (Å²) in [5.41, 5.74) is -0.610. The molecule has 0 aliphatic carbocycles. The summed E-state index contributed by atoms with van der Waals surface area (Å²) in [6.07, 6.45) is 2.85. The number of carboxylic acid groups (broad SMARTS) is 1. The van der Waals surface area contributed by atoms with Gasteiger partial charge in [0, 0.05) is 44.0 Å². The Morgan fingerprint density at radius 3 is 2.84 bits per heavy atom. The van der Waals surface area contributed by atoms with E-state index in [1.54, 1.807) is 23.7 Å². The Morgan fingerprint density at radius 1 is 1.35 bits per heavy atom. The van der Waals surface area contributed by atoms with Crippen LogP contribution in [-0.4, -0.2) is 64.4 Å². The van der Waals surface area contributed by atoms with E-state index in [9.17, 15) is 19.5 Å². The summed E-state index contributed by atoms with van der Waals surface area (Å²) in [5, 5.41) is 14.7. The lowest BCUT2D eigenvalue weighted by molar-refractivity contribution is -0.125. The van der Waals surface area contributed by atoms with Gasteiger partial charge in [-0.3, -0.25) is 14.2 Å². The molecule has 162 valence electrons. The van der Waals surface area contributed by atoms with Crippen molar-refractivity contribution in [1.82, 2.24) is 19.9 Å². The van der Waals surface area contributed by atoms with Crippen molar-refractivity contribution in [1.29, 1.82) is 0 Å². The number of pyridine rings is 2. The molecule has 31 heavy (non-hydrogen) atoms. The first kappa shape index (κ1) is 20.9. The van der Waals surface area contributed by atoms with Crippen LogP contribution >= 0.6 is 11.3 Å². The third kappa shape index (κ3) is 4.14. The van der Waals surface area contributed by atoms with Gasteiger partial charge in [0.2, 0.25) is 11.3 Å². The number of anilines is 1. The zero-order chi connectivity index (χ0) is 22.0. The zero-order valence-corrected chi connectivity index (χ0v) is 17.6. The number of nitrogens with zero attached hydrogens (tertiary/aromatic N) is 4. The Kier molecular flexibility index (Phi) is 5.96. The highest BCUT2D eigenvalue weighted by Crippen LogP contribution is 2.26. The average Bonchev–Trinajstić information content (AvgIpc) is 3.25. The Labute approximate surface area is 181 Å². The van der Waals surface area contributed by atoms with Crippen LogP contribution in [0.2, 0.25) is 0 Å². The molecule has 4 heterocycles. The fraction of sp³-hybridized carbons (Fsp3) is 0.350. The molecule has 2 N–H and O–H groups in total. The lowest BCUT2D eigenvalue weighted by Gasteiger charge is -2.39. The van der Waals surface area contributed by atoms with Crippen LogP contribution in [0.15, 0.2) is 34.7 Å². The summed E-state index contributed by atoms with van der Waals surface area (Å²) in [5.74, 6) is -0.863. The molecule has 0 aromatic carbocycles. The van der Waals surface area contributed by atoms with Crippen molar-refractivity contribution in [2.45, 2.75) is 6.92 Å². The van der Waals surface area contributed by atoms with Gasteiger partial charge in [0.1, 0.15) is 11.4 Å². The Hall–Kier alpha value is -3.31. The minimum Gasteiger partial charge on any atom is -0.477 e. The number of amides is 1. The monoisotopic (exact) mass is 443 g/mol. The molecule has 1 aliphatic heterocycles. The van der Waals surface area contributed by atoms with E-state index in [0.717, 1.165) is 0 Å². The van der Waals surface area contributed by atoms with Crippen LogP contribution in [0.25, 0.3) is 16.2 Å². The number of thiazole rings is 1. The zero-order valence-electron chi connectivity index (χ0n) is 16.8. The lowest BCUT2D eigenvalue weighted by atomic mass is 9.99. The van der Waals surface area contributed by atoms with Crippen molar-refractivity contribution < 1.29 is 19.4 Å². The standard InChI is InChI=1S/C20H21N5O5S/c1-2-30-7-5-21-18(27)12-9-24(10-12)15-4-3-13-16(26)14(19(28)29)11-25(17(13)23-15)20-22-6-8-31-20/h3-4,6,8,11-12H,2,5,7,9-10H2,1H3,(H,21,27)(H,28,29). The highest BCUT2D eigenvalue weighted by molar-refractivity contribution is 7.12. The van der Waals surface area contributed by atoms with E-state index in [4.69, 9.17) is 4.74 Å². The first-order valence-electron chi connectivity index (χ1n) is 9.79. The van der Waals surface area contributed by atoms with Gasteiger partial charge in [-0.25, -0.2) is 14.8 Å². The van der Waals surface area contributed by atoms with Gasteiger partial charge in [0.25, 0.3) is 0 Å². The molecule has 1 amide bonds. The number of carbonyl (C=O) groups excluding carboxylic acids is 1. The van der Waals surface area contributed by atoms with Gasteiger partial charge in [-0.05, 0) is 19.1 Å². The maximum absolute atomic E-state index is 12.6. The number of fused-ring (bicyclic) bond motifs is 1. The molecule has 3 aromatic rings. The van der Waals surface area contributed by atoms with E-state index in [0.29, 0.717) is 49.4 Å². The first-order chi connectivity index (χ1) is 15.0. The van der Waals surface area contributed by atoms with Crippen LogP contribution in [0.3, 0.4) is 0 Å². The van der Waals surface area contributed by atoms with Gasteiger partial charge in [0.15, 0.2) is 10.8 Å². The van der Waals surface area contributed by atoms with Crippen molar-refractivity contribution in [2.24, 2.45) is 5.92 Å². The predicted molar refractivity (Wildman–Crippen MR) is 115 cm³/mol. The molecule has 4 rings (SSSR count). The van der Waals surface area contributed by atoms with Gasteiger partial charge in [-0.15, -0.1) is 11.3 Å². The van der Waals surface area contributed by atoms with E-state index in [-0.39, 0.29) is 22.8 Å². The smallest absolute Gasteiger partial charge is 0.341 e. The number of aromatic carboxylic acids is 1.